The topological polar surface area (TPSA) is 26.3 Å². The Balaban J connectivity index is 2.50. The molecular weight excluding hydrogens is 339 g/mol. The summed E-state index contributed by atoms with van der Waals surface area (Å²) in [5, 5.41) is 0. The van der Waals surface area contributed by atoms with Crippen molar-refractivity contribution < 1.29 is 9.09 Å². The van der Waals surface area contributed by atoms with E-state index in [-0.39, 0.29) is 6.10 Å². The van der Waals surface area contributed by atoms with Gasteiger partial charge in [0.25, 0.3) is 0 Å². The molecule has 3 unspecified atom stereocenters. The first kappa shape index (κ1) is 23.4. The van der Waals surface area contributed by atoms with Crippen LogP contribution in [0.2, 0.25) is 0 Å². The van der Waals surface area contributed by atoms with E-state index in [1.807, 2.05) is 0 Å². The largest absolute Gasteiger partial charge is 0.324 e. The van der Waals surface area contributed by atoms with Crippen LogP contribution < -0.4 is 0 Å². The highest BCUT2D eigenvalue weighted by Gasteiger charge is 2.22. The van der Waals surface area contributed by atoms with Gasteiger partial charge in [0.2, 0.25) is 0 Å². The summed E-state index contributed by atoms with van der Waals surface area (Å²) in [6, 6.07) is 8.89. The fraction of sp³-hybridized carbons (Fsp3) is 0.739. The maximum Gasteiger partial charge on any atom is 0.180 e. The molecular formula is C23H41O2P. The second-order valence-corrected chi connectivity index (χ2v) is 8.04. The van der Waals surface area contributed by atoms with Crippen LogP contribution in [-0.2, 0) is 15.5 Å². The SMILES string of the molecule is CCCCCCCCCc1ccc(C(O[PH2]=O)C(CC)CCCC)cc1. The molecule has 0 aliphatic rings. The van der Waals surface area contributed by atoms with Crippen molar-refractivity contribution in [3.8, 4) is 0 Å². The molecule has 2 nitrogen and oxygen atoms in total. The second-order valence-electron chi connectivity index (χ2n) is 7.58. The summed E-state index contributed by atoms with van der Waals surface area (Å²) < 4.78 is 16.9. The standard InChI is InChI=1S/C23H41O2P/c1-4-7-9-10-11-12-13-14-20-16-18-22(19-17-20)23(25-26-24)21(6-3)15-8-5-2/h16-19,21,23H,4-15,26H2,1-3H3. The van der Waals surface area contributed by atoms with Gasteiger partial charge in [0, 0.05) is 0 Å². The summed E-state index contributed by atoms with van der Waals surface area (Å²) >= 11 is 0. The molecule has 3 atom stereocenters. The molecule has 0 bridgehead atoms. The Morgan fingerprint density at radius 3 is 2.04 bits per heavy atom. The first-order valence-electron chi connectivity index (χ1n) is 10.9. The average Bonchev–Trinajstić information content (AvgIpc) is 2.67. The minimum absolute atomic E-state index is 0.00772. The molecule has 0 fully saturated rings. The van der Waals surface area contributed by atoms with Gasteiger partial charge in [0.05, 0.1) is 6.10 Å². The first-order valence-corrected chi connectivity index (χ1v) is 11.9. The molecule has 0 aromatic heterocycles. The van der Waals surface area contributed by atoms with Crippen molar-refractivity contribution in [1.82, 2.24) is 0 Å². The Kier molecular flexibility index (Phi) is 13.9. The maximum atomic E-state index is 11.2. The van der Waals surface area contributed by atoms with Crippen LogP contribution in [0.5, 0.6) is 0 Å². The number of hydrogen-bond acceptors (Lipinski definition) is 2. The predicted octanol–water partition coefficient (Wildman–Crippen LogP) is 7.93. The Morgan fingerprint density at radius 1 is 0.846 bits per heavy atom. The molecule has 0 aliphatic heterocycles. The number of benzene rings is 1. The van der Waals surface area contributed by atoms with Crippen LogP contribution >= 0.6 is 8.69 Å². The van der Waals surface area contributed by atoms with E-state index >= 15 is 0 Å². The van der Waals surface area contributed by atoms with Gasteiger partial charge in [-0.25, -0.2) is 0 Å². The summed E-state index contributed by atoms with van der Waals surface area (Å²) in [5.74, 6) is 0.463. The minimum Gasteiger partial charge on any atom is -0.324 e. The Labute approximate surface area is 163 Å². The van der Waals surface area contributed by atoms with Gasteiger partial charge in [0.15, 0.2) is 8.69 Å². The highest BCUT2D eigenvalue weighted by Crippen LogP contribution is 2.35. The molecule has 0 amide bonds. The number of rotatable bonds is 16. The third kappa shape index (κ3) is 9.38. The zero-order valence-electron chi connectivity index (χ0n) is 17.3. The van der Waals surface area contributed by atoms with Crippen molar-refractivity contribution in [1.29, 1.82) is 0 Å². The zero-order chi connectivity index (χ0) is 19.0. The smallest absolute Gasteiger partial charge is 0.180 e. The normalized spacial score (nSPS) is 14.1. The lowest BCUT2D eigenvalue weighted by Gasteiger charge is -2.25. The molecule has 0 aliphatic carbocycles. The molecule has 0 radical (unpaired) electrons. The van der Waals surface area contributed by atoms with Gasteiger partial charge in [-0.1, -0.05) is 103 Å². The minimum atomic E-state index is -1.16. The van der Waals surface area contributed by atoms with Crippen molar-refractivity contribution in [3.63, 3.8) is 0 Å². The van der Waals surface area contributed by atoms with E-state index in [1.54, 1.807) is 0 Å². The molecule has 1 aromatic rings. The number of unbranched alkanes of at least 4 members (excludes halogenated alkanes) is 7. The number of aryl methyl sites for hydroxylation is 1. The van der Waals surface area contributed by atoms with Gasteiger partial charge in [-0.05, 0) is 36.3 Å². The highest BCUT2D eigenvalue weighted by atomic mass is 31.1. The summed E-state index contributed by atoms with van der Waals surface area (Å²) in [7, 11) is -1.16. The van der Waals surface area contributed by atoms with Crippen LogP contribution in [-0.4, -0.2) is 0 Å². The van der Waals surface area contributed by atoms with Gasteiger partial charge in [0.1, 0.15) is 0 Å². The number of hydrogen-bond donors (Lipinski definition) is 0. The summed E-state index contributed by atoms with van der Waals surface area (Å²) in [6.45, 7) is 6.70. The van der Waals surface area contributed by atoms with E-state index in [4.69, 9.17) is 4.52 Å². The molecule has 0 N–H and O–H groups in total. The fourth-order valence-electron chi connectivity index (χ4n) is 3.72. The second kappa shape index (κ2) is 15.5. The molecule has 0 saturated heterocycles. The predicted molar refractivity (Wildman–Crippen MR) is 116 cm³/mol. The molecule has 26 heavy (non-hydrogen) atoms. The van der Waals surface area contributed by atoms with E-state index in [9.17, 15) is 4.57 Å². The van der Waals surface area contributed by atoms with Crippen molar-refractivity contribution in [3.05, 3.63) is 35.4 Å². The van der Waals surface area contributed by atoms with Crippen molar-refractivity contribution >= 4 is 8.69 Å². The molecule has 1 aromatic carbocycles. The lowest BCUT2D eigenvalue weighted by molar-refractivity contribution is 0.140. The van der Waals surface area contributed by atoms with Crippen LogP contribution in [0.1, 0.15) is 109 Å². The van der Waals surface area contributed by atoms with Gasteiger partial charge in [-0.3, -0.25) is 4.57 Å². The van der Waals surface area contributed by atoms with Gasteiger partial charge in [-0.15, -0.1) is 0 Å². The molecule has 0 saturated carbocycles. The van der Waals surface area contributed by atoms with E-state index < -0.39 is 8.69 Å². The van der Waals surface area contributed by atoms with E-state index in [1.165, 1.54) is 75.3 Å². The van der Waals surface area contributed by atoms with E-state index in [0.29, 0.717) is 5.92 Å². The molecule has 0 heterocycles. The fourth-order valence-corrected chi connectivity index (χ4v) is 4.22. The summed E-state index contributed by atoms with van der Waals surface area (Å²) in [4.78, 5) is 0. The first-order chi connectivity index (χ1) is 12.8. The average molecular weight is 381 g/mol. The van der Waals surface area contributed by atoms with Crippen LogP contribution in [0.4, 0.5) is 0 Å². The Bertz CT molecular complexity index is 458. The van der Waals surface area contributed by atoms with Crippen LogP contribution in [0.15, 0.2) is 24.3 Å². The third-order valence-electron chi connectivity index (χ3n) is 5.46. The van der Waals surface area contributed by atoms with Crippen molar-refractivity contribution in [2.75, 3.05) is 0 Å². The summed E-state index contributed by atoms with van der Waals surface area (Å²) in [5.41, 5.74) is 2.61. The van der Waals surface area contributed by atoms with Crippen molar-refractivity contribution in [2.45, 2.75) is 104 Å². The van der Waals surface area contributed by atoms with Crippen LogP contribution in [0.3, 0.4) is 0 Å². The molecule has 150 valence electrons. The third-order valence-corrected chi connectivity index (χ3v) is 5.86. The van der Waals surface area contributed by atoms with E-state index in [0.717, 1.165) is 12.8 Å². The lowest BCUT2D eigenvalue weighted by Crippen LogP contribution is -2.13. The van der Waals surface area contributed by atoms with Gasteiger partial charge >= 0.3 is 0 Å². The molecule has 0 spiro atoms. The van der Waals surface area contributed by atoms with Crippen LogP contribution in [0, 0.1) is 5.92 Å². The zero-order valence-corrected chi connectivity index (χ0v) is 18.5. The monoisotopic (exact) mass is 380 g/mol. The van der Waals surface area contributed by atoms with E-state index in [2.05, 4.69) is 45.0 Å². The molecule has 3 heteroatoms. The van der Waals surface area contributed by atoms with Gasteiger partial charge in [-0.2, -0.15) is 0 Å². The highest BCUT2D eigenvalue weighted by molar-refractivity contribution is 7.17. The Morgan fingerprint density at radius 2 is 1.46 bits per heavy atom. The Hall–Kier alpha value is -0.590. The van der Waals surface area contributed by atoms with Gasteiger partial charge < -0.3 is 4.52 Å². The lowest BCUT2D eigenvalue weighted by atomic mass is 9.88. The quantitative estimate of drug-likeness (QED) is 0.215. The summed E-state index contributed by atoms with van der Waals surface area (Å²) in [6.07, 6.45) is 15.3. The van der Waals surface area contributed by atoms with Crippen LogP contribution in [0.25, 0.3) is 0 Å². The molecule has 1 rings (SSSR count). The maximum absolute atomic E-state index is 11.2. The van der Waals surface area contributed by atoms with Crippen molar-refractivity contribution in [2.24, 2.45) is 5.92 Å².